The third-order valence-electron chi connectivity index (χ3n) is 4.61. The van der Waals surface area contributed by atoms with Crippen molar-refractivity contribution in [1.82, 2.24) is 0 Å². The fourth-order valence-electron chi connectivity index (χ4n) is 2.84. The predicted octanol–water partition coefficient (Wildman–Crippen LogP) is 5.88. The Balaban J connectivity index is -0.000000104. The van der Waals surface area contributed by atoms with E-state index in [0.717, 1.165) is 19.3 Å². The van der Waals surface area contributed by atoms with Gasteiger partial charge in [-0.1, -0.05) is 77.1 Å². The number of unbranched alkanes of at least 4 members (excludes halogenated alkanes) is 10. The Kier molecular flexibility index (Phi) is 28.1. The SMILES string of the molecule is CC#CC#CC#CC#CC#CC(=O)OC[C@H](CO)OC(=O)CCCCCCCCCCCCC.CC(N)=O.[HH].[HH].[HH].[HH].[HH].[HH].[HH].[HH].[HH]. The summed E-state index contributed by atoms with van der Waals surface area (Å²) in [6, 6.07) is 0. The molecule has 0 aliphatic carbocycles. The van der Waals surface area contributed by atoms with Gasteiger partial charge in [-0.2, -0.15) is 0 Å². The van der Waals surface area contributed by atoms with Crippen molar-refractivity contribution in [1.29, 1.82) is 0 Å². The molecule has 1 amide bonds. The molecule has 0 radical (unpaired) electrons. The van der Waals surface area contributed by atoms with Crippen LogP contribution in [0.5, 0.6) is 0 Å². The minimum atomic E-state index is -0.910. The number of amides is 1. The highest BCUT2D eigenvalue weighted by Crippen LogP contribution is 2.12. The van der Waals surface area contributed by atoms with Crippen LogP contribution in [-0.4, -0.2) is 42.3 Å². The van der Waals surface area contributed by atoms with Crippen LogP contribution >= 0.6 is 0 Å². The minimum Gasteiger partial charge on any atom is -0.456 e. The van der Waals surface area contributed by atoms with Crippen LogP contribution < -0.4 is 5.73 Å². The Morgan fingerprint density at radius 2 is 1.24 bits per heavy atom. The first-order valence-electron chi connectivity index (χ1n) is 13.0. The van der Waals surface area contributed by atoms with E-state index in [1.165, 1.54) is 58.3 Å². The van der Waals surface area contributed by atoms with Crippen LogP contribution in [0.3, 0.4) is 0 Å². The molecule has 0 spiro atoms. The van der Waals surface area contributed by atoms with Crippen molar-refractivity contribution in [2.45, 2.75) is 104 Å². The Morgan fingerprint density at radius 3 is 1.71 bits per heavy atom. The van der Waals surface area contributed by atoms with Crippen molar-refractivity contribution in [3.63, 3.8) is 0 Å². The van der Waals surface area contributed by atoms with E-state index >= 15 is 0 Å². The van der Waals surface area contributed by atoms with Gasteiger partial charge in [0.2, 0.25) is 5.91 Å². The van der Waals surface area contributed by atoms with Gasteiger partial charge in [-0.25, -0.2) is 4.79 Å². The highest BCUT2D eigenvalue weighted by atomic mass is 16.6. The van der Waals surface area contributed by atoms with E-state index in [9.17, 15) is 19.5 Å². The maximum absolute atomic E-state index is 11.9. The summed E-state index contributed by atoms with van der Waals surface area (Å²) in [5, 5.41) is 9.34. The number of rotatable bonds is 16. The number of carbonyl (C=O) groups is 3. The number of aliphatic hydroxyl groups is 1. The Bertz CT molecular complexity index is 1020. The molecule has 0 aliphatic heterocycles. The second kappa shape index (κ2) is 29.4. The van der Waals surface area contributed by atoms with Crippen LogP contribution in [0, 0.1) is 59.2 Å². The molecule has 0 saturated heterocycles. The summed E-state index contributed by atoms with van der Waals surface area (Å²) in [7, 11) is 0. The van der Waals surface area contributed by atoms with Crippen LogP contribution in [0.2, 0.25) is 0 Å². The van der Waals surface area contributed by atoms with Crippen molar-refractivity contribution in [2.75, 3.05) is 13.2 Å². The van der Waals surface area contributed by atoms with Gasteiger partial charge < -0.3 is 20.3 Å². The lowest BCUT2D eigenvalue weighted by molar-refractivity contribution is -0.159. The first-order chi connectivity index (χ1) is 18.4. The lowest BCUT2D eigenvalue weighted by atomic mass is 10.1. The van der Waals surface area contributed by atoms with Gasteiger partial charge in [-0.3, -0.25) is 9.59 Å². The summed E-state index contributed by atoms with van der Waals surface area (Å²) in [6.45, 7) is 4.49. The molecular formula is C31H59NO6. The molecular weight excluding hydrogens is 482 g/mol. The summed E-state index contributed by atoms with van der Waals surface area (Å²) in [5.41, 5.74) is 4.47. The van der Waals surface area contributed by atoms with Gasteiger partial charge in [0.1, 0.15) is 6.61 Å². The lowest BCUT2D eigenvalue weighted by Gasteiger charge is -2.14. The van der Waals surface area contributed by atoms with Crippen molar-refractivity contribution < 1.29 is 41.8 Å². The van der Waals surface area contributed by atoms with E-state index in [1.807, 2.05) is 0 Å². The van der Waals surface area contributed by atoms with Crippen LogP contribution in [0.15, 0.2) is 0 Å². The van der Waals surface area contributed by atoms with E-state index in [0.29, 0.717) is 0 Å². The lowest BCUT2D eigenvalue weighted by Crippen LogP contribution is -2.28. The Morgan fingerprint density at radius 1 is 0.789 bits per heavy atom. The van der Waals surface area contributed by atoms with E-state index in [4.69, 9.17) is 9.47 Å². The average molecular weight is 542 g/mol. The third-order valence-corrected chi connectivity index (χ3v) is 4.61. The molecule has 0 unspecified atom stereocenters. The molecule has 7 heteroatoms. The molecule has 0 bridgehead atoms. The largest absolute Gasteiger partial charge is 0.456 e. The molecule has 0 aliphatic rings. The minimum absolute atomic E-state index is 0. The number of hydrogen-bond donors (Lipinski definition) is 2. The summed E-state index contributed by atoms with van der Waals surface area (Å²) in [6.07, 6.45) is 12.6. The fraction of sp³-hybridized carbons (Fsp3) is 0.581. The molecule has 3 N–H and O–H groups in total. The standard InChI is InChI=1S/C29H36O5.C2H5NO.9H2/c1-3-5-7-9-11-13-14-16-18-20-22-24-29(32)34-27(25-30)26-33-28(31)23-21-19-17-15-12-10-8-6-4-2;1-2(3)4;;;;;;;;;/h27,30H,3,5,7,9,11,13-14,16,18,20,22,24-26H2,1-2H3;1H3,(H2,3,4);9*1H/t27-;;;;;;;;;;/m0........../s1. The monoisotopic (exact) mass is 541 g/mol. The summed E-state index contributed by atoms with van der Waals surface area (Å²) < 4.78 is 10.0. The van der Waals surface area contributed by atoms with Crippen LogP contribution in [0.25, 0.3) is 0 Å². The number of ether oxygens (including phenoxy) is 2. The quantitative estimate of drug-likeness (QED) is 0.109. The molecule has 0 aromatic rings. The van der Waals surface area contributed by atoms with Gasteiger partial charge >= 0.3 is 11.9 Å². The highest BCUT2D eigenvalue weighted by molar-refractivity contribution is 5.89. The van der Waals surface area contributed by atoms with Gasteiger partial charge in [0.15, 0.2) is 6.10 Å². The zero-order chi connectivity index (χ0) is 28.7. The molecule has 0 heterocycles. The fourth-order valence-corrected chi connectivity index (χ4v) is 2.84. The molecule has 224 valence electrons. The topological polar surface area (TPSA) is 116 Å². The van der Waals surface area contributed by atoms with Gasteiger partial charge in [-0.05, 0) is 60.7 Å². The average Bonchev–Trinajstić information content (AvgIpc) is 2.88. The van der Waals surface area contributed by atoms with Crippen molar-refractivity contribution in [3.8, 4) is 59.2 Å². The van der Waals surface area contributed by atoms with Crippen LogP contribution in [0.1, 0.15) is 111 Å². The zero-order valence-corrected chi connectivity index (χ0v) is 23.0. The van der Waals surface area contributed by atoms with Crippen molar-refractivity contribution >= 4 is 17.8 Å². The first-order valence-corrected chi connectivity index (χ1v) is 13.0. The zero-order valence-electron chi connectivity index (χ0n) is 23.0. The molecule has 1 atom stereocenters. The molecule has 0 rings (SSSR count). The molecule has 7 nitrogen and oxygen atoms in total. The molecule has 0 saturated carbocycles. The number of aliphatic hydroxyl groups excluding tert-OH is 1. The van der Waals surface area contributed by atoms with Crippen molar-refractivity contribution in [2.24, 2.45) is 5.73 Å². The second-order valence-electron chi connectivity index (χ2n) is 8.16. The maximum atomic E-state index is 11.9. The van der Waals surface area contributed by atoms with Crippen LogP contribution in [-0.2, 0) is 23.9 Å². The van der Waals surface area contributed by atoms with E-state index < -0.39 is 24.6 Å². The smallest absolute Gasteiger partial charge is 0.385 e. The van der Waals surface area contributed by atoms with E-state index in [2.05, 4.69) is 71.9 Å². The summed E-state index contributed by atoms with van der Waals surface area (Å²) in [5.74, 6) is 22.7. The Hall–Kier alpha value is -3.83. The number of hydrogen-bond acceptors (Lipinski definition) is 6. The number of esters is 2. The van der Waals surface area contributed by atoms with Crippen LogP contribution in [0.4, 0.5) is 0 Å². The molecule has 0 fully saturated rings. The van der Waals surface area contributed by atoms with Crippen molar-refractivity contribution in [3.05, 3.63) is 0 Å². The maximum Gasteiger partial charge on any atom is 0.385 e. The van der Waals surface area contributed by atoms with E-state index in [1.54, 1.807) is 6.92 Å². The van der Waals surface area contributed by atoms with E-state index in [-0.39, 0.29) is 31.8 Å². The molecule has 0 aromatic heterocycles. The van der Waals surface area contributed by atoms with Gasteiger partial charge in [0, 0.05) is 32.1 Å². The number of primary amides is 1. The second-order valence-corrected chi connectivity index (χ2v) is 8.16. The summed E-state index contributed by atoms with van der Waals surface area (Å²) in [4.78, 5) is 32.7. The summed E-state index contributed by atoms with van der Waals surface area (Å²) >= 11 is 0. The Labute approximate surface area is 242 Å². The molecule has 0 aromatic carbocycles. The van der Waals surface area contributed by atoms with Gasteiger partial charge in [0.05, 0.1) is 6.61 Å². The number of nitrogens with two attached hydrogens (primary N) is 1. The molecule has 38 heavy (non-hydrogen) atoms. The number of carbonyl (C=O) groups excluding carboxylic acids is 3. The van der Waals surface area contributed by atoms with Gasteiger partial charge in [0.25, 0.3) is 0 Å². The first kappa shape index (κ1) is 36.3. The predicted molar refractivity (Wildman–Crippen MR) is 167 cm³/mol. The highest BCUT2D eigenvalue weighted by Gasteiger charge is 2.15. The van der Waals surface area contributed by atoms with Gasteiger partial charge in [-0.15, -0.1) is 0 Å². The third kappa shape index (κ3) is 32.2. The normalized spacial score (nSPS) is 9.26.